The lowest BCUT2D eigenvalue weighted by Gasteiger charge is -2.28. The van der Waals surface area contributed by atoms with E-state index in [0.717, 1.165) is 22.3 Å². The summed E-state index contributed by atoms with van der Waals surface area (Å²) in [7, 11) is 0. The van der Waals surface area contributed by atoms with Gasteiger partial charge in [0.25, 0.3) is 0 Å². The highest BCUT2D eigenvalue weighted by Crippen LogP contribution is 2.44. The Labute approximate surface area is 221 Å². The Balaban J connectivity index is 1.71. The molecule has 1 N–H and O–H groups in total. The van der Waals surface area contributed by atoms with Gasteiger partial charge in [0.05, 0.1) is 23.5 Å². The SMILES string of the molecule is CCc1cccc(C)c1-n1c(C)cc([C@@H]2[C@@H](c3ccccn3)NC(=S)N2c2ccc(Br)cc2)c1C. The number of benzene rings is 2. The number of aromatic nitrogens is 2. The van der Waals surface area contributed by atoms with E-state index in [9.17, 15) is 0 Å². The molecule has 0 spiro atoms. The summed E-state index contributed by atoms with van der Waals surface area (Å²) in [5, 5.41) is 4.30. The smallest absolute Gasteiger partial charge is 0.174 e. The minimum atomic E-state index is -0.0659. The molecular formula is C29H29BrN4S. The summed E-state index contributed by atoms with van der Waals surface area (Å²) >= 11 is 9.48. The zero-order valence-electron chi connectivity index (χ0n) is 20.4. The number of hydrogen-bond donors (Lipinski definition) is 1. The Hall–Kier alpha value is -2.96. The number of anilines is 1. The molecule has 0 radical (unpaired) electrons. The first-order chi connectivity index (χ1) is 16.9. The Morgan fingerprint density at radius 3 is 2.46 bits per heavy atom. The van der Waals surface area contributed by atoms with Gasteiger partial charge in [-0.25, -0.2) is 0 Å². The first-order valence-electron chi connectivity index (χ1n) is 11.9. The predicted octanol–water partition coefficient (Wildman–Crippen LogP) is 7.30. The lowest BCUT2D eigenvalue weighted by atomic mass is 9.96. The van der Waals surface area contributed by atoms with Gasteiger partial charge >= 0.3 is 0 Å². The summed E-state index contributed by atoms with van der Waals surface area (Å²) < 4.78 is 3.46. The molecule has 0 bridgehead atoms. The fraction of sp³-hybridized carbons (Fsp3) is 0.241. The van der Waals surface area contributed by atoms with Gasteiger partial charge in [-0.1, -0.05) is 47.1 Å². The molecule has 2 aromatic heterocycles. The zero-order chi connectivity index (χ0) is 24.7. The molecule has 0 unspecified atom stereocenters. The highest BCUT2D eigenvalue weighted by Gasteiger charge is 2.42. The number of halogens is 1. The molecule has 1 aliphatic rings. The average Bonchev–Trinajstić information content (AvgIpc) is 3.35. The second-order valence-electron chi connectivity index (χ2n) is 9.07. The van der Waals surface area contributed by atoms with Crippen LogP contribution in [0.5, 0.6) is 0 Å². The molecule has 35 heavy (non-hydrogen) atoms. The molecule has 0 amide bonds. The molecule has 0 saturated carbocycles. The van der Waals surface area contributed by atoms with E-state index in [-0.39, 0.29) is 12.1 Å². The predicted molar refractivity (Wildman–Crippen MR) is 151 cm³/mol. The van der Waals surface area contributed by atoms with E-state index in [4.69, 9.17) is 17.2 Å². The highest BCUT2D eigenvalue weighted by molar-refractivity contribution is 9.10. The maximum Gasteiger partial charge on any atom is 0.174 e. The first kappa shape index (κ1) is 23.8. The zero-order valence-corrected chi connectivity index (χ0v) is 22.8. The van der Waals surface area contributed by atoms with Crippen molar-refractivity contribution >= 4 is 38.9 Å². The van der Waals surface area contributed by atoms with Crippen molar-refractivity contribution in [2.24, 2.45) is 0 Å². The fourth-order valence-electron chi connectivity index (χ4n) is 5.31. The summed E-state index contributed by atoms with van der Waals surface area (Å²) in [5.41, 5.74) is 9.65. The summed E-state index contributed by atoms with van der Waals surface area (Å²) in [6.07, 6.45) is 2.84. The van der Waals surface area contributed by atoms with Crippen LogP contribution in [0, 0.1) is 20.8 Å². The molecule has 1 saturated heterocycles. The van der Waals surface area contributed by atoms with Gasteiger partial charge in [0.2, 0.25) is 0 Å². The second-order valence-corrected chi connectivity index (χ2v) is 10.4. The van der Waals surface area contributed by atoms with Crippen LogP contribution in [0.1, 0.15) is 52.8 Å². The maximum absolute atomic E-state index is 5.91. The van der Waals surface area contributed by atoms with Gasteiger partial charge in [0, 0.05) is 27.7 Å². The van der Waals surface area contributed by atoms with Gasteiger partial charge < -0.3 is 14.8 Å². The van der Waals surface area contributed by atoms with E-state index in [1.165, 1.54) is 33.8 Å². The van der Waals surface area contributed by atoms with Crippen LogP contribution in [-0.4, -0.2) is 14.7 Å². The van der Waals surface area contributed by atoms with Crippen LogP contribution in [0.3, 0.4) is 0 Å². The van der Waals surface area contributed by atoms with Crippen molar-refractivity contribution in [3.05, 3.63) is 111 Å². The molecule has 1 fully saturated rings. The minimum absolute atomic E-state index is 0.0346. The van der Waals surface area contributed by atoms with Gasteiger partial charge in [0.15, 0.2) is 5.11 Å². The first-order valence-corrected chi connectivity index (χ1v) is 13.1. The lowest BCUT2D eigenvalue weighted by Crippen LogP contribution is -2.29. The Kier molecular flexibility index (Phi) is 6.51. The van der Waals surface area contributed by atoms with Crippen LogP contribution in [0.15, 0.2) is 77.4 Å². The van der Waals surface area contributed by atoms with Crippen molar-refractivity contribution < 1.29 is 0 Å². The van der Waals surface area contributed by atoms with E-state index in [1.807, 2.05) is 18.3 Å². The molecule has 1 aliphatic heterocycles. The molecule has 5 rings (SSSR count). The van der Waals surface area contributed by atoms with Gasteiger partial charge in [-0.2, -0.15) is 0 Å². The van der Waals surface area contributed by atoms with Crippen LogP contribution in [0.2, 0.25) is 0 Å². The number of rotatable bonds is 5. The van der Waals surface area contributed by atoms with E-state index < -0.39 is 0 Å². The van der Waals surface area contributed by atoms with Crippen molar-refractivity contribution in [2.45, 2.75) is 46.2 Å². The molecule has 2 aromatic carbocycles. The van der Waals surface area contributed by atoms with Crippen molar-refractivity contribution in [1.82, 2.24) is 14.9 Å². The van der Waals surface area contributed by atoms with Gasteiger partial charge in [-0.3, -0.25) is 4.98 Å². The Bertz CT molecular complexity index is 1380. The number of aryl methyl sites for hydroxylation is 3. The normalized spacial score (nSPS) is 17.6. The van der Waals surface area contributed by atoms with Crippen LogP contribution in [0.4, 0.5) is 5.69 Å². The third-order valence-corrected chi connectivity index (χ3v) is 7.76. The van der Waals surface area contributed by atoms with E-state index in [1.54, 1.807) is 0 Å². The Morgan fingerprint density at radius 2 is 1.77 bits per heavy atom. The maximum atomic E-state index is 5.91. The fourth-order valence-corrected chi connectivity index (χ4v) is 5.92. The Morgan fingerprint density at radius 1 is 1.00 bits per heavy atom. The summed E-state index contributed by atoms with van der Waals surface area (Å²) in [6, 6.07) is 23.2. The molecule has 0 aliphatic carbocycles. The molecule has 178 valence electrons. The number of nitrogens with one attached hydrogen (secondary N) is 1. The second kappa shape index (κ2) is 9.59. The molecular weight excluding hydrogens is 516 g/mol. The quantitative estimate of drug-likeness (QED) is 0.267. The number of hydrogen-bond acceptors (Lipinski definition) is 2. The van der Waals surface area contributed by atoms with Crippen molar-refractivity contribution in [1.29, 1.82) is 0 Å². The minimum Gasteiger partial charge on any atom is -0.351 e. The van der Waals surface area contributed by atoms with Crippen molar-refractivity contribution in [3.63, 3.8) is 0 Å². The van der Waals surface area contributed by atoms with Crippen LogP contribution in [-0.2, 0) is 6.42 Å². The molecule has 4 nitrogen and oxygen atoms in total. The van der Waals surface area contributed by atoms with E-state index in [2.05, 4.69) is 113 Å². The standard InChI is InChI=1S/C29H29BrN4S/c1-5-21-10-8-9-18(2)27(21)33-19(3)17-24(20(33)4)28-26(25-11-6-7-16-31-25)32-29(35)34(28)23-14-12-22(30)13-15-23/h6-17,26,28H,5H2,1-4H3,(H,32,35)/t26-,28-/m1/s1. The van der Waals surface area contributed by atoms with Gasteiger partial charge in [0.1, 0.15) is 0 Å². The van der Waals surface area contributed by atoms with Crippen molar-refractivity contribution in [3.8, 4) is 5.69 Å². The van der Waals surface area contributed by atoms with E-state index >= 15 is 0 Å². The number of para-hydroxylation sites is 1. The largest absolute Gasteiger partial charge is 0.351 e. The monoisotopic (exact) mass is 544 g/mol. The average molecular weight is 546 g/mol. The highest BCUT2D eigenvalue weighted by atomic mass is 79.9. The van der Waals surface area contributed by atoms with Crippen molar-refractivity contribution in [2.75, 3.05) is 4.90 Å². The van der Waals surface area contributed by atoms with Crippen LogP contribution >= 0.6 is 28.1 Å². The number of nitrogens with zero attached hydrogens (tertiary/aromatic N) is 3. The van der Waals surface area contributed by atoms with Gasteiger partial charge in [-0.05, 0) is 98.6 Å². The number of pyridine rings is 1. The topological polar surface area (TPSA) is 33.1 Å². The third kappa shape index (κ3) is 4.19. The summed E-state index contributed by atoms with van der Waals surface area (Å²) in [5.74, 6) is 0. The lowest BCUT2D eigenvalue weighted by molar-refractivity contribution is 0.565. The molecule has 3 heterocycles. The van der Waals surface area contributed by atoms with E-state index in [0.29, 0.717) is 5.11 Å². The molecule has 2 atom stereocenters. The third-order valence-electron chi connectivity index (χ3n) is 6.92. The number of thiocarbonyl (C=S) groups is 1. The van der Waals surface area contributed by atoms with Gasteiger partial charge in [-0.15, -0.1) is 0 Å². The summed E-state index contributed by atoms with van der Waals surface area (Å²) in [6.45, 7) is 8.84. The van der Waals surface area contributed by atoms with Crippen LogP contribution in [0.25, 0.3) is 5.69 Å². The molecule has 6 heteroatoms. The van der Waals surface area contributed by atoms with Crippen LogP contribution < -0.4 is 10.2 Å². The molecule has 4 aromatic rings. The summed E-state index contributed by atoms with van der Waals surface area (Å²) in [4.78, 5) is 6.95.